The molecule has 1 aromatic carbocycles. The Morgan fingerprint density at radius 2 is 2.04 bits per heavy atom. The van der Waals surface area contributed by atoms with Crippen LogP contribution in [-0.4, -0.2) is 27.9 Å². The number of ketones is 1. The lowest BCUT2D eigenvalue weighted by atomic mass is 10.1. The Balaban J connectivity index is 1.76. The van der Waals surface area contributed by atoms with Crippen LogP contribution in [0.25, 0.3) is 5.13 Å². The van der Waals surface area contributed by atoms with Crippen LogP contribution in [0.1, 0.15) is 32.1 Å². The summed E-state index contributed by atoms with van der Waals surface area (Å²) in [7, 11) is 0. The van der Waals surface area contributed by atoms with Gasteiger partial charge in [-0.3, -0.25) is 9.36 Å². The summed E-state index contributed by atoms with van der Waals surface area (Å²) in [6, 6.07) is 5.28. The molecule has 5 nitrogen and oxygen atoms in total. The molecule has 0 aliphatic rings. The zero-order valence-electron chi connectivity index (χ0n) is 14.0. The molecule has 8 heteroatoms. The monoisotopic (exact) mass is 392 g/mol. The number of Topliss-reactive ketones (excluding diaryl/α,β-unsaturated/α-hetero) is 1. The first-order valence-electron chi connectivity index (χ1n) is 7.62. The number of aromatic nitrogens is 2. The van der Waals surface area contributed by atoms with Crippen molar-refractivity contribution >= 4 is 34.7 Å². The van der Waals surface area contributed by atoms with Crippen LogP contribution in [0.3, 0.4) is 0 Å². The van der Waals surface area contributed by atoms with Crippen LogP contribution in [0.2, 0.25) is 5.02 Å². The number of carbonyl (C=O) groups excluding carboxylic acids is 2. The highest BCUT2D eigenvalue weighted by molar-refractivity contribution is 7.12. The lowest BCUT2D eigenvalue weighted by molar-refractivity contribution is 0.0470. The van der Waals surface area contributed by atoms with Crippen LogP contribution >= 0.6 is 22.9 Å². The molecule has 0 aliphatic carbocycles. The molecule has 2 heterocycles. The number of rotatable bonds is 5. The molecule has 134 valence electrons. The van der Waals surface area contributed by atoms with Gasteiger partial charge in [0.1, 0.15) is 5.82 Å². The standard InChI is InChI=1S/C18H14ClFN2O3S/c1-10-7-13(11(2)22(10)18-21-5-6-26-18)16(23)9-25-17(24)14-8-12(19)3-4-15(14)20/h3-8H,9H2,1-2H3. The second-order valence-electron chi connectivity index (χ2n) is 5.56. The lowest BCUT2D eigenvalue weighted by Crippen LogP contribution is -2.16. The number of hydrogen-bond donors (Lipinski definition) is 0. The van der Waals surface area contributed by atoms with Crippen molar-refractivity contribution in [3.8, 4) is 5.13 Å². The Bertz CT molecular complexity index is 983. The van der Waals surface area contributed by atoms with E-state index in [1.54, 1.807) is 19.2 Å². The number of aryl methyl sites for hydroxylation is 1. The third-order valence-corrected chi connectivity index (χ3v) is 4.82. The number of halogens is 2. The van der Waals surface area contributed by atoms with Crippen LogP contribution in [0.5, 0.6) is 0 Å². The average molecular weight is 393 g/mol. The first-order chi connectivity index (χ1) is 12.4. The predicted molar refractivity (Wildman–Crippen MR) is 96.9 cm³/mol. The largest absolute Gasteiger partial charge is 0.454 e. The summed E-state index contributed by atoms with van der Waals surface area (Å²) >= 11 is 7.21. The number of hydrogen-bond acceptors (Lipinski definition) is 5. The Labute approximate surface area is 158 Å². The van der Waals surface area contributed by atoms with Crippen LogP contribution < -0.4 is 0 Å². The maximum absolute atomic E-state index is 13.7. The molecule has 2 aromatic heterocycles. The number of esters is 1. The summed E-state index contributed by atoms with van der Waals surface area (Å²) in [4.78, 5) is 28.7. The van der Waals surface area contributed by atoms with Crippen molar-refractivity contribution in [2.24, 2.45) is 0 Å². The number of carbonyl (C=O) groups is 2. The van der Waals surface area contributed by atoms with E-state index in [9.17, 15) is 14.0 Å². The molecule has 26 heavy (non-hydrogen) atoms. The number of benzene rings is 1. The van der Waals surface area contributed by atoms with Crippen molar-refractivity contribution in [2.75, 3.05) is 6.61 Å². The van der Waals surface area contributed by atoms with Crippen molar-refractivity contribution in [1.29, 1.82) is 0 Å². The van der Waals surface area contributed by atoms with Gasteiger partial charge in [0.05, 0.1) is 5.56 Å². The van der Waals surface area contributed by atoms with E-state index in [-0.39, 0.29) is 16.4 Å². The highest BCUT2D eigenvalue weighted by Gasteiger charge is 2.20. The molecule has 3 aromatic rings. The predicted octanol–water partition coefficient (Wildman–Crippen LogP) is 4.38. The van der Waals surface area contributed by atoms with Gasteiger partial charge in [-0.25, -0.2) is 14.2 Å². The van der Waals surface area contributed by atoms with Crippen molar-refractivity contribution < 1.29 is 18.7 Å². The quantitative estimate of drug-likeness (QED) is 0.477. The highest BCUT2D eigenvalue weighted by Crippen LogP contribution is 2.23. The third-order valence-electron chi connectivity index (χ3n) is 3.82. The van der Waals surface area contributed by atoms with Crippen molar-refractivity contribution in [2.45, 2.75) is 13.8 Å². The van der Waals surface area contributed by atoms with Gasteiger partial charge < -0.3 is 4.74 Å². The van der Waals surface area contributed by atoms with Gasteiger partial charge in [-0.05, 0) is 38.1 Å². The molecule has 0 aliphatic heterocycles. The summed E-state index contributed by atoms with van der Waals surface area (Å²) in [6.45, 7) is 3.16. The van der Waals surface area contributed by atoms with Gasteiger partial charge in [-0.2, -0.15) is 0 Å². The van der Waals surface area contributed by atoms with Crippen molar-refractivity contribution in [1.82, 2.24) is 9.55 Å². The van der Waals surface area contributed by atoms with Gasteiger partial charge in [-0.15, -0.1) is 11.3 Å². The molecule has 0 saturated carbocycles. The van der Waals surface area contributed by atoms with Gasteiger partial charge in [0, 0.05) is 33.6 Å². The summed E-state index contributed by atoms with van der Waals surface area (Å²) in [6.07, 6.45) is 1.68. The van der Waals surface area contributed by atoms with Crippen LogP contribution in [0.15, 0.2) is 35.8 Å². The molecule has 0 N–H and O–H groups in total. The highest BCUT2D eigenvalue weighted by atomic mass is 35.5. The van der Waals surface area contributed by atoms with Gasteiger partial charge >= 0.3 is 5.97 Å². The van der Waals surface area contributed by atoms with E-state index in [0.717, 1.165) is 23.0 Å². The molecule has 3 rings (SSSR count). The summed E-state index contributed by atoms with van der Waals surface area (Å²) in [5, 5.41) is 2.80. The number of nitrogens with zero attached hydrogens (tertiary/aromatic N) is 2. The fraction of sp³-hybridized carbons (Fsp3) is 0.167. The second-order valence-corrected chi connectivity index (χ2v) is 6.87. The van der Waals surface area contributed by atoms with E-state index >= 15 is 0 Å². The van der Waals surface area contributed by atoms with E-state index in [1.165, 1.54) is 17.4 Å². The van der Waals surface area contributed by atoms with E-state index in [2.05, 4.69) is 4.98 Å². The van der Waals surface area contributed by atoms with Crippen LogP contribution in [0, 0.1) is 19.7 Å². The summed E-state index contributed by atoms with van der Waals surface area (Å²) in [5.41, 5.74) is 1.66. The average Bonchev–Trinajstić information content (AvgIpc) is 3.22. The molecule has 0 radical (unpaired) electrons. The first kappa shape index (κ1) is 18.3. The van der Waals surface area contributed by atoms with Gasteiger partial charge in [0.2, 0.25) is 5.78 Å². The Kier molecular flexibility index (Phi) is 5.20. The molecule has 0 amide bonds. The SMILES string of the molecule is Cc1cc(C(=O)COC(=O)c2cc(Cl)ccc2F)c(C)n1-c1nccs1. The Hall–Kier alpha value is -2.51. The third kappa shape index (κ3) is 3.54. The minimum absolute atomic E-state index is 0.205. The Morgan fingerprint density at radius 3 is 2.73 bits per heavy atom. The minimum Gasteiger partial charge on any atom is -0.454 e. The van der Waals surface area contributed by atoms with E-state index < -0.39 is 18.4 Å². The number of ether oxygens (including phenoxy) is 1. The van der Waals surface area contributed by atoms with Crippen LogP contribution in [-0.2, 0) is 4.74 Å². The van der Waals surface area contributed by atoms with Gasteiger partial charge in [-0.1, -0.05) is 11.6 Å². The lowest BCUT2D eigenvalue weighted by Gasteiger charge is -2.07. The first-order valence-corrected chi connectivity index (χ1v) is 8.88. The minimum atomic E-state index is -0.938. The zero-order valence-corrected chi connectivity index (χ0v) is 15.5. The van der Waals surface area contributed by atoms with Gasteiger partial charge in [0.25, 0.3) is 0 Å². The molecule has 0 bridgehead atoms. The molecule has 0 atom stereocenters. The second kappa shape index (κ2) is 7.39. The molecule has 0 fully saturated rings. The Morgan fingerprint density at radius 1 is 1.27 bits per heavy atom. The van der Waals surface area contributed by atoms with E-state index in [4.69, 9.17) is 16.3 Å². The molecule has 0 spiro atoms. The fourth-order valence-electron chi connectivity index (χ4n) is 2.61. The topological polar surface area (TPSA) is 61.2 Å². The summed E-state index contributed by atoms with van der Waals surface area (Å²) in [5.74, 6) is -2.07. The normalized spacial score (nSPS) is 10.8. The van der Waals surface area contributed by atoms with Crippen molar-refractivity contribution in [3.05, 3.63) is 69.2 Å². The van der Waals surface area contributed by atoms with Crippen molar-refractivity contribution in [3.63, 3.8) is 0 Å². The smallest absolute Gasteiger partial charge is 0.341 e. The van der Waals surface area contributed by atoms with Crippen LogP contribution in [0.4, 0.5) is 4.39 Å². The zero-order chi connectivity index (χ0) is 18.8. The molecular weight excluding hydrogens is 379 g/mol. The molecular formula is C18H14ClFN2O3S. The maximum Gasteiger partial charge on any atom is 0.341 e. The maximum atomic E-state index is 13.7. The fourth-order valence-corrected chi connectivity index (χ4v) is 3.53. The number of thiazole rings is 1. The summed E-state index contributed by atoms with van der Waals surface area (Å²) < 4.78 is 20.5. The molecule has 0 unspecified atom stereocenters. The van der Waals surface area contributed by atoms with E-state index in [0.29, 0.717) is 11.3 Å². The van der Waals surface area contributed by atoms with E-state index in [1.807, 2.05) is 16.9 Å². The van der Waals surface area contributed by atoms with Gasteiger partial charge in [0.15, 0.2) is 11.7 Å². The molecule has 0 saturated heterocycles.